The molecule has 180 valence electrons. The summed E-state index contributed by atoms with van der Waals surface area (Å²) < 4.78 is 28.1. The zero-order valence-corrected chi connectivity index (χ0v) is 21.7. The summed E-state index contributed by atoms with van der Waals surface area (Å²) in [6.45, 7) is 3.93. The highest BCUT2D eigenvalue weighted by Gasteiger charge is 2.28. The highest BCUT2D eigenvalue weighted by molar-refractivity contribution is 7.98. The fraction of sp³-hybridized carbons (Fsp3) is 0.269. The van der Waals surface area contributed by atoms with E-state index in [9.17, 15) is 13.2 Å². The lowest BCUT2D eigenvalue weighted by molar-refractivity contribution is -0.119. The van der Waals surface area contributed by atoms with Crippen molar-refractivity contribution in [3.63, 3.8) is 0 Å². The maximum atomic E-state index is 13.4. The van der Waals surface area contributed by atoms with E-state index < -0.39 is 10.0 Å². The molecule has 34 heavy (non-hydrogen) atoms. The summed E-state index contributed by atoms with van der Waals surface area (Å²) in [5, 5.41) is 3.62. The Kier molecular flexibility index (Phi) is 9.45. The van der Waals surface area contributed by atoms with Crippen LogP contribution in [-0.4, -0.2) is 33.2 Å². The number of amides is 1. The number of hydrogen-bond donors (Lipinski definition) is 1. The topological polar surface area (TPSA) is 66.5 Å². The molecule has 0 saturated heterocycles. The molecule has 0 atom stereocenters. The molecule has 3 aromatic carbocycles. The zero-order valence-electron chi connectivity index (χ0n) is 19.3. The van der Waals surface area contributed by atoms with Crippen molar-refractivity contribution in [2.75, 3.05) is 23.1 Å². The van der Waals surface area contributed by atoms with E-state index in [-0.39, 0.29) is 17.3 Å². The number of sulfonamides is 1. The van der Waals surface area contributed by atoms with Gasteiger partial charge >= 0.3 is 0 Å². The van der Waals surface area contributed by atoms with Crippen LogP contribution in [0.15, 0.2) is 77.7 Å². The molecule has 3 rings (SSSR count). The minimum atomic E-state index is -3.91. The SMILES string of the molecule is Cc1ccc(C)c(N(CC(=O)NCCCSCc2ccccc2Cl)S(=O)(=O)c2ccccc2)c1. The van der Waals surface area contributed by atoms with Crippen molar-refractivity contribution in [1.29, 1.82) is 0 Å². The van der Waals surface area contributed by atoms with Crippen molar-refractivity contribution in [1.82, 2.24) is 5.32 Å². The summed E-state index contributed by atoms with van der Waals surface area (Å²) in [4.78, 5) is 12.9. The Bertz CT molecular complexity index is 1220. The second-order valence-corrected chi connectivity index (χ2v) is 11.3. The average Bonchev–Trinajstić information content (AvgIpc) is 2.83. The number of aryl methyl sites for hydroxylation is 2. The molecule has 0 aliphatic heterocycles. The molecule has 0 aliphatic carbocycles. The molecule has 0 fully saturated rings. The number of carbonyl (C=O) groups is 1. The summed E-state index contributed by atoms with van der Waals surface area (Å²) >= 11 is 7.93. The molecule has 0 aromatic heterocycles. The highest BCUT2D eigenvalue weighted by atomic mass is 35.5. The molecule has 3 aromatic rings. The zero-order chi connectivity index (χ0) is 24.6. The second-order valence-electron chi connectivity index (χ2n) is 7.96. The first-order chi connectivity index (χ1) is 16.3. The van der Waals surface area contributed by atoms with Gasteiger partial charge in [-0.1, -0.05) is 60.1 Å². The number of thioether (sulfide) groups is 1. The predicted molar refractivity (Wildman–Crippen MR) is 142 cm³/mol. The lowest BCUT2D eigenvalue weighted by Gasteiger charge is -2.26. The van der Waals surface area contributed by atoms with Crippen LogP contribution in [0.3, 0.4) is 0 Å². The fourth-order valence-corrected chi connectivity index (χ4v) is 6.14. The lowest BCUT2D eigenvalue weighted by Crippen LogP contribution is -2.41. The van der Waals surface area contributed by atoms with Gasteiger partial charge in [0.25, 0.3) is 10.0 Å². The van der Waals surface area contributed by atoms with Crippen molar-refractivity contribution in [3.05, 3.63) is 94.5 Å². The molecule has 5 nitrogen and oxygen atoms in total. The van der Waals surface area contributed by atoms with Gasteiger partial charge in [-0.25, -0.2) is 8.42 Å². The summed E-state index contributed by atoms with van der Waals surface area (Å²) in [7, 11) is -3.91. The first-order valence-electron chi connectivity index (χ1n) is 11.0. The smallest absolute Gasteiger partial charge is 0.264 e. The fourth-order valence-electron chi connectivity index (χ4n) is 3.39. The average molecular weight is 517 g/mol. The van der Waals surface area contributed by atoms with Crippen LogP contribution >= 0.6 is 23.4 Å². The van der Waals surface area contributed by atoms with Gasteiger partial charge in [-0.05, 0) is 67.0 Å². The van der Waals surface area contributed by atoms with Gasteiger partial charge in [-0.15, -0.1) is 0 Å². The van der Waals surface area contributed by atoms with E-state index in [1.54, 1.807) is 48.2 Å². The minimum absolute atomic E-state index is 0.152. The summed E-state index contributed by atoms with van der Waals surface area (Å²) in [6.07, 6.45) is 0.774. The molecular weight excluding hydrogens is 488 g/mol. The number of nitrogens with zero attached hydrogens (tertiary/aromatic N) is 1. The minimum Gasteiger partial charge on any atom is -0.354 e. The first kappa shape index (κ1) is 26.1. The quantitative estimate of drug-likeness (QED) is 0.337. The lowest BCUT2D eigenvalue weighted by atomic mass is 10.1. The molecule has 8 heteroatoms. The molecule has 0 aliphatic rings. The number of nitrogens with one attached hydrogen (secondary N) is 1. The van der Waals surface area contributed by atoms with E-state index in [0.29, 0.717) is 12.2 Å². The maximum absolute atomic E-state index is 13.4. The number of halogens is 1. The Morgan fingerprint density at radius 2 is 1.71 bits per heavy atom. The van der Waals surface area contributed by atoms with Crippen molar-refractivity contribution in [2.24, 2.45) is 0 Å². The van der Waals surface area contributed by atoms with Gasteiger partial charge in [-0.3, -0.25) is 9.10 Å². The van der Waals surface area contributed by atoms with Gasteiger partial charge in [0.05, 0.1) is 10.6 Å². The standard InChI is InChI=1S/C26H29ClN2O3S2/c1-20-13-14-21(2)25(17-20)29(34(31,32)23-10-4-3-5-11-23)18-26(30)28-15-8-16-33-19-22-9-6-7-12-24(22)27/h3-7,9-14,17H,8,15-16,18-19H2,1-2H3,(H,28,30). The van der Waals surface area contributed by atoms with Gasteiger partial charge in [0.1, 0.15) is 6.54 Å². The normalized spacial score (nSPS) is 11.3. The van der Waals surface area contributed by atoms with Gasteiger partial charge in [0.2, 0.25) is 5.91 Å². The third kappa shape index (κ3) is 7.01. The molecule has 0 bridgehead atoms. The van der Waals surface area contributed by atoms with Gasteiger partial charge in [-0.2, -0.15) is 11.8 Å². The van der Waals surface area contributed by atoms with Crippen molar-refractivity contribution < 1.29 is 13.2 Å². The maximum Gasteiger partial charge on any atom is 0.264 e. The molecule has 0 unspecified atom stereocenters. The largest absolute Gasteiger partial charge is 0.354 e. The molecule has 0 spiro atoms. The highest BCUT2D eigenvalue weighted by Crippen LogP contribution is 2.27. The van der Waals surface area contributed by atoms with E-state index in [0.717, 1.165) is 39.6 Å². The summed E-state index contributed by atoms with van der Waals surface area (Å²) in [6, 6.07) is 21.5. The molecule has 0 heterocycles. The summed E-state index contributed by atoms with van der Waals surface area (Å²) in [5.74, 6) is 1.33. The van der Waals surface area contributed by atoms with Crippen molar-refractivity contribution >= 4 is 45.0 Å². The van der Waals surface area contributed by atoms with E-state index in [1.807, 2.05) is 50.2 Å². The van der Waals surface area contributed by atoms with Crippen LogP contribution in [0.4, 0.5) is 5.69 Å². The van der Waals surface area contributed by atoms with Crippen LogP contribution in [0.25, 0.3) is 0 Å². The number of benzene rings is 3. The van der Waals surface area contributed by atoms with Crippen LogP contribution < -0.4 is 9.62 Å². The van der Waals surface area contributed by atoms with Gasteiger partial charge in [0.15, 0.2) is 0 Å². The third-order valence-electron chi connectivity index (χ3n) is 5.25. The second kappa shape index (κ2) is 12.3. The Morgan fingerprint density at radius 1 is 1.00 bits per heavy atom. The van der Waals surface area contributed by atoms with Crippen LogP contribution in [0.5, 0.6) is 0 Å². The monoisotopic (exact) mass is 516 g/mol. The van der Waals surface area contributed by atoms with Crippen LogP contribution in [0, 0.1) is 13.8 Å². The van der Waals surface area contributed by atoms with Gasteiger partial charge in [0, 0.05) is 17.3 Å². The number of rotatable bonds is 11. The first-order valence-corrected chi connectivity index (χ1v) is 14.0. The summed E-state index contributed by atoms with van der Waals surface area (Å²) in [5.41, 5.74) is 3.31. The number of carbonyl (C=O) groups excluding carboxylic acids is 1. The molecule has 1 amide bonds. The van der Waals surface area contributed by atoms with Crippen LogP contribution in [0.2, 0.25) is 5.02 Å². The van der Waals surface area contributed by atoms with Crippen molar-refractivity contribution in [3.8, 4) is 0 Å². The van der Waals surface area contributed by atoms with E-state index in [2.05, 4.69) is 5.32 Å². The number of anilines is 1. The number of hydrogen-bond acceptors (Lipinski definition) is 4. The Balaban J connectivity index is 1.62. The molecule has 0 radical (unpaired) electrons. The molecule has 1 N–H and O–H groups in total. The van der Waals surface area contributed by atoms with Crippen LogP contribution in [0.1, 0.15) is 23.1 Å². The van der Waals surface area contributed by atoms with Crippen LogP contribution in [-0.2, 0) is 20.6 Å². The van der Waals surface area contributed by atoms with E-state index >= 15 is 0 Å². The predicted octanol–water partition coefficient (Wildman–Crippen LogP) is 5.59. The molecular formula is C26H29ClN2O3S2. The third-order valence-corrected chi connectivity index (χ3v) is 8.49. The van der Waals surface area contributed by atoms with E-state index in [1.165, 1.54) is 4.31 Å². The van der Waals surface area contributed by atoms with Crippen molar-refractivity contribution in [2.45, 2.75) is 30.9 Å². The Morgan fingerprint density at radius 3 is 2.44 bits per heavy atom. The van der Waals surface area contributed by atoms with E-state index in [4.69, 9.17) is 11.6 Å². The Labute approximate surface area is 211 Å². The Hall–Kier alpha value is -2.48. The molecule has 0 saturated carbocycles. The van der Waals surface area contributed by atoms with Gasteiger partial charge < -0.3 is 5.32 Å².